The highest BCUT2D eigenvalue weighted by molar-refractivity contribution is 5.23. The molecule has 1 fully saturated rings. The van der Waals surface area contributed by atoms with Crippen molar-refractivity contribution < 1.29 is 4.74 Å². The lowest BCUT2D eigenvalue weighted by Crippen LogP contribution is -2.15. The topological polar surface area (TPSA) is 34.1 Å². The van der Waals surface area contributed by atoms with Crippen molar-refractivity contribution >= 4 is 0 Å². The van der Waals surface area contributed by atoms with E-state index < -0.39 is 0 Å². The van der Waals surface area contributed by atoms with Crippen LogP contribution in [0.15, 0.2) is 18.5 Å². The molecule has 0 aromatic carbocycles. The van der Waals surface area contributed by atoms with Gasteiger partial charge in [-0.3, -0.25) is 4.98 Å². The molecule has 1 N–H and O–H groups in total. The number of nitrogens with zero attached hydrogens (tertiary/aromatic N) is 1. The molecule has 0 amide bonds. The van der Waals surface area contributed by atoms with E-state index in [9.17, 15) is 0 Å². The van der Waals surface area contributed by atoms with Gasteiger partial charge in [0.15, 0.2) is 0 Å². The maximum absolute atomic E-state index is 5.53. The average molecular weight is 206 g/mol. The SMILES string of the molecule is CCCOc1cncc(CNC2CC2)c1. The molecule has 3 nitrogen and oxygen atoms in total. The van der Waals surface area contributed by atoms with Crippen molar-refractivity contribution in [3.63, 3.8) is 0 Å². The van der Waals surface area contributed by atoms with Crippen LogP contribution < -0.4 is 10.1 Å². The number of hydrogen-bond donors (Lipinski definition) is 1. The molecule has 0 atom stereocenters. The lowest BCUT2D eigenvalue weighted by molar-refractivity contribution is 0.315. The predicted molar refractivity (Wildman–Crippen MR) is 59.9 cm³/mol. The third-order valence-electron chi connectivity index (χ3n) is 2.41. The van der Waals surface area contributed by atoms with Crippen LogP contribution in [0.5, 0.6) is 5.75 Å². The van der Waals surface area contributed by atoms with Gasteiger partial charge in [0.2, 0.25) is 0 Å². The number of pyridine rings is 1. The smallest absolute Gasteiger partial charge is 0.137 e. The van der Waals surface area contributed by atoms with E-state index in [2.05, 4.69) is 23.3 Å². The van der Waals surface area contributed by atoms with Gasteiger partial charge in [0.25, 0.3) is 0 Å². The van der Waals surface area contributed by atoms with E-state index in [0.29, 0.717) is 0 Å². The van der Waals surface area contributed by atoms with Crippen molar-refractivity contribution in [3.05, 3.63) is 24.0 Å². The third kappa shape index (κ3) is 3.51. The van der Waals surface area contributed by atoms with Crippen molar-refractivity contribution in [2.75, 3.05) is 6.61 Å². The summed E-state index contributed by atoms with van der Waals surface area (Å²) in [5.74, 6) is 0.881. The van der Waals surface area contributed by atoms with E-state index in [1.165, 1.54) is 18.4 Å². The Morgan fingerprint density at radius 3 is 3.07 bits per heavy atom. The van der Waals surface area contributed by atoms with Crippen LogP contribution in [0.4, 0.5) is 0 Å². The predicted octanol–water partition coefficient (Wildman–Crippen LogP) is 2.12. The first-order valence-corrected chi connectivity index (χ1v) is 5.68. The van der Waals surface area contributed by atoms with Gasteiger partial charge < -0.3 is 10.1 Å². The zero-order valence-corrected chi connectivity index (χ0v) is 9.20. The number of nitrogens with one attached hydrogen (secondary N) is 1. The Balaban J connectivity index is 1.85. The van der Waals surface area contributed by atoms with Gasteiger partial charge in [-0.2, -0.15) is 0 Å². The molecule has 1 saturated carbocycles. The van der Waals surface area contributed by atoms with E-state index >= 15 is 0 Å². The van der Waals surface area contributed by atoms with Crippen LogP contribution >= 0.6 is 0 Å². The molecule has 1 aromatic heterocycles. The second-order valence-electron chi connectivity index (χ2n) is 4.03. The normalized spacial score (nSPS) is 15.3. The molecule has 82 valence electrons. The Morgan fingerprint density at radius 1 is 1.47 bits per heavy atom. The first-order valence-electron chi connectivity index (χ1n) is 5.68. The van der Waals surface area contributed by atoms with Crippen molar-refractivity contribution in [1.29, 1.82) is 0 Å². The Labute approximate surface area is 90.9 Å². The Bertz CT molecular complexity index is 310. The first kappa shape index (κ1) is 10.4. The summed E-state index contributed by atoms with van der Waals surface area (Å²) in [6.45, 7) is 3.77. The second-order valence-corrected chi connectivity index (χ2v) is 4.03. The van der Waals surface area contributed by atoms with Gasteiger partial charge in [-0.1, -0.05) is 6.92 Å². The zero-order chi connectivity index (χ0) is 10.5. The molecule has 0 spiro atoms. The monoisotopic (exact) mass is 206 g/mol. The molecular weight excluding hydrogens is 188 g/mol. The second kappa shape index (κ2) is 5.12. The highest BCUT2D eigenvalue weighted by atomic mass is 16.5. The summed E-state index contributed by atoms with van der Waals surface area (Å²) in [5, 5.41) is 3.46. The van der Waals surface area contributed by atoms with E-state index in [4.69, 9.17) is 4.74 Å². The van der Waals surface area contributed by atoms with E-state index in [1.54, 1.807) is 6.20 Å². The molecule has 1 aliphatic rings. The van der Waals surface area contributed by atoms with Crippen LogP contribution in [-0.2, 0) is 6.54 Å². The summed E-state index contributed by atoms with van der Waals surface area (Å²) in [6.07, 6.45) is 7.34. The summed E-state index contributed by atoms with van der Waals surface area (Å²) in [4.78, 5) is 4.17. The van der Waals surface area contributed by atoms with Crippen LogP contribution in [0.3, 0.4) is 0 Å². The molecule has 2 rings (SSSR count). The van der Waals surface area contributed by atoms with Gasteiger partial charge in [0.05, 0.1) is 12.8 Å². The minimum Gasteiger partial charge on any atom is -0.492 e. The van der Waals surface area contributed by atoms with Gasteiger partial charge >= 0.3 is 0 Å². The van der Waals surface area contributed by atoms with Crippen molar-refractivity contribution in [1.82, 2.24) is 10.3 Å². The van der Waals surface area contributed by atoms with Gasteiger partial charge in [-0.05, 0) is 30.9 Å². The molecule has 0 unspecified atom stereocenters. The summed E-state index contributed by atoms with van der Waals surface area (Å²) in [7, 11) is 0. The summed E-state index contributed by atoms with van der Waals surface area (Å²) < 4.78 is 5.53. The van der Waals surface area contributed by atoms with Crippen molar-refractivity contribution in [3.8, 4) is 5.75 Å². The Morgan fingerprint density at radius 2 is 2.33 bits per heavy atom. The molecule has 1 aromatic rings. The van der Waals surface area contributed by atoms with Crippen LogP contribution in [0, 0.1) is 0 Å². The molecule has 0 aliphatic heterocycles. The van der Waals surface area contributed by atoms with Crippen LogP contribution in [-0.4, -0.2) is 17.6 Å². The highest BCUT2D eigenvalue weighted by Crippen LogP contribution is 2.19. The lowest BCUT2D eigenvalue weighted by atomic mass is 10.3. The third-order valence-corrected chi connectivity index (χ3v) is 2.41. The first-order chi connectivity index (χ1) is 7.38. The summed E-state index contributed by atoms with van der Waals surface area (Å²) in [6, 6.07) is 2.81. The summed E-state index contributed by atoms with van der Waals surface area (Å²) in [5.41, 5.74) is 1.20. The minimum atomic E-state index is 0.741. The molecule has 1 aliphatic carbocycles. The van der Waals surface area contributed by atoms with Gasteiger partial charge in [0, 0.05) is 18.8 Å². The van der Waals surface area contributed by atoms with Gasteiger partial charge in [-0.15, -0.1) is 0 Å². The zero-order valence-electron chi connectivity index (χ0n) is 9.20. The largest absolute Gasteiger partial charge is 0.492 e. The lowest BCUT2D eigenvalue weighted by Gasteiger charge is -2.06. The molecule has 0 radical (unpaired) electrons. The van der Waals surface area contributed by atoms with E-state index in [0.717, 1.165) is 31.4 Å². The molecule has 0 saturated heterocycles. The van der Waals surface area contributed by atoms with E-state index in [1.807, 2.05) is 6.20 Å². The number of rotatable bonds is 6. The fourth-order valence-electron chi connectivity index (χ4n) is 1.41. The number of ether oxygens (including phenoxy) is 1. The van der Waals surface area contributed by atoms with Gasteiger partial charge in [0.1, 0.15) is 5.75 Å². The summed E-state index contributed by atoms with van der Waals surface area (Å²) >= 11 is 0. The molecule has 1 heterocycles. The number of hydrogen-bond acceptors (Lipinski definition) is 3. The molecule has 0 bridgehead atoms. The minimum absolute atomic E-state index is 0.741. The Kier molecular flexibility index (Phi) is 3.56. The van der Waals surface area contributed by atoms with Crippen molar-refractivity contribution in [2.45, 2.75) is 38.8 Å². The maximum Gasteiger partial charge on any atom is 0.137 e. The Hall–Kier alpha value is -1.09. The maximum atomic E-state index is 5.53. The average Bonchev–Trinajstić information content (AvgIpc) is 3.08. The molecule has 15 heavy (non-hydrogen) atoms. The fraction of sp³-hybridized carbons (Fsp3) is 0.583. The molecule has 3 heteroatoms. The van der Waals surface area contributed by atoms with Crippen LogP contribution in [0.2, 0.25) is 0 Å². The van der Waals surface area contributed by atoms with Crippen molar-refractivity contribution in [2.24, 2.45) is 0 Å². The molecular formula is C12H18N2O. The van der Waals surface area contributed by atoms with Crippen LogP contribution in [0.1, 0.15) is 31.7 Å². The van der Waals surface area contributed by atoms with Gasteiger partial charge in [-0.25, -0.2) is 0 Å². The van der Waals surface area contributed by atoms with E-state index in [-0.39, 0.29) is 0 Å². The highest BCUT2D eigenvalue weighted by Gasteiger charge is 2.19. The number of aromatic nitrogens is 1. The van der Waals surface area contributed by atoms with Crippen LogP contribution in [0.25, 0.3) is 0 Å². The quantitative estimate of drug-likeness (QED) is 0.774. The standard InChI is InChI=1S/C12H18N2O/c1-2-5-15-12-6-10(7-13-9-12)8-14-11-3-4-11/h6-7,9,11,14H,2-5,8H2,1H3. The fourth-order valence-corrected chi connectivity index (χ4v) is 1.41.